The molecule has 1 aromatic rings. The summed E-state index contributed by atoms with van der Waals surface area (Å²) in [6.07, 6.45) is 3.44. The molecule has 0 unspecified atom stereocenters. The molecule has 1 fully saturated rings. The van der Waals surface area contributed by atoms with Crippen molar-refractivity contribution in [2.75, 3.05) is 18.0 Å². The van der Waals surface area contributed by atoms with Crippen LogP contribution in [-0.2, 0) is 0 Å². The first kappa shape index (κ1) is 9.58. The zero-order chi connectivity index (χ0) is 11.0. The van der Waals surface area contributed by atoms with Gasteiger partial charge in [-0.3, -0.25) is 9.79 Å². The molecule has 1 heterocycles. The van der Waals surface area contributed by atoms with Crippen molar-refractivity contribution in [2.45, 2.75) is 12.8 Å². The lowest BCUT2D eigenvalue weighted by molar-refractivity contribution is 0.112. The van der Waals surface area contributed by atoms with Gasteiger partial charge in [-0.05, 0) is 37.1 Å². The normalized spacial score (nSPS) is 19.8. The molecular weight excluding hydrogens is 200 g/mol. The van der Waals surface area contributed by atoms with Crippen molar-refractivity contribution in [3.05, 3.63) is 29.8 Å². The molecule has 0 aromatic heterocycles. The summed E-state index contributed by atoms with van der Waals surface area (Å²) in [6, 6.07) is 7.75. The standard InChI is InChI=1S/C13H14N2O/c16-9-10-1-5-12(6-2-10)15-8-7-14-13(15)11-3-4-11/h1-2,5-6,9,11H,3-4,7-8H2. The summed E-state index contributed by atoms with van der Waals surface area (Å²) in [5, 5.41) is 0. The van der Waals surface area contributed by atoms with Crippen molar-refractivity contribution < 1.29 is 4.79 Å². The lowest BCUT2D eigenvalue weighted by atomic mass is 10.2. The van der Waals surface area contributed by atoms with E-state index in [1.807, 2.05) is 24.3 Å². The van der Waals surface area contributed by atoms with Gasteiger partial charge in [0, 0.05) is 23.7 Å². The minimum atomic E-state index is 0.688. The van der Waals surface area contributed by atoms with Crippen LogP contribution in [0.2, 0.25) is 0 Å². The lowest BCUT2D eigenvalue weighted by Gasteiger charge is -2.20. The second-order valence-electron chi connectivity index (χ2n) is 4.38. The Morgan fingerprint density at radius 3 is 2.62 bits per heavy atom. The molecule has 82 valence electrons. The second kappa shape index (κ2) is 3.74. The quantitative estimate of drug-likeness (QED) is 0.722. The zero-order valence-electron chi connectivity index (χ0n) is 9.10. The first-order valence-electron chi connectivity index (χ1n) is 5.75. The van der Waals surface area contributed by atoms with Gasteiger partial charge in [0.25, 0.3) is 0 Å². The van der Waals surface area contributed by atoms with Crippen LogP contribution in [0.5, 0.6) is 0 Å². The van der Waals surface area contributed by atoms with Crippen molar-refractivity contribution in [1.82, 2.24) is 0 Å². The molecule has 2 aliphatic rings. The molecule has 3 heteroatoms. The van der Waals surface area contributed by atoms with Crippen LogP contribution in [-0.4, -0.2) is 25.2 Å². The van der Waals surface area contributed by atoms with Gasteiger partial charge < -0.3 is 4.90 Å². The highest BCUT2D eigenvalue weighted by atomic mass is 16.1. The summed E-state index contributed by atoms with van der Waals surface area (Å²) < 4.78 is 0. The Morgan fingerprint density at radius 1 is 1.25 bits per heavy atom. The van der Waals surface area contributed by atoms with Gasteiger partial charge >= 0.3 is 0 Å². The Balaban J connectivity index is 1.85. The third kappa shape index (κ3) is 1.62. The minimum absolute atomic E-state index is 0.688. The smallest absolute Gasteiger partial charge is 0.150 e. The molecule has 0 spiro atoms. The average molecular weight is 214 g/mol. The predicted molar refractivity (Wildman–Crippen MR) is 64.2 cm³/mol. The molecule has 0 atom stereocenters. The van der Waals surface area contributed by atoms with Gasteiger partial charge in [-0.2, -0.15) is 0 Å². The highest BCUT2D eigenvalue weighted by Crippen LogP contribution is 2.35. The number of rotatable bonds is 3. The first-order valence-corrected chi connectivity index (χ1v) is 5.75. The van der Waals surface area contributed by atoms with Gasteiger partial charge in [0.1, 0.15) is 12.1 Å². The van der Waals surface area contributed by atoms with Gasteiger partial charge in [0.05, 0.1) is 6.54 Å². The average Bonchev–Trinajstić information content (AvgIpc) is 3.07. The highest BCUT2D eigenvalue weighted by molar-refractivity contribution is 6.02. The molecule has 16 heavy (non-hydrogen) atoms. The van der Waals surface area contributed by atoms with Crippen LogP contribution in [0.4, 0.5) is 5.69 Å². The molecule has 0 amide bonds. The van der Waals surface area contributed by atoms with Gasteiger partial charge in [-0.15, -0.1) is 0 Å². The lowest BCUT2D eigenvalue weighted by Crippen LogP contribution is -2.28. The van der Waals surface area contributed by atoms with Crippen molar-refractivity contribution in [1.29, 1.82) is 0 Å². The topological polar surface area (TPSA) is 32.7 Å². The Labute approximate surface area is 94.8 Å². The Hall–Kier alpha value is -1.64. The van der Waals surface area contributed by atoms with Crippen LogP contribution < -0.4 is 4.90 Å². The maximum Gasteiger partial charge on any atom is 0.150 e. The Kier molecular flexibility index (Phi) is 2.24. The fourth-order valence-electron chi connectivity index (χ4n) is 2.15. The van der Waals surface area contributed by atoms with Crippen LogP contribution >= 0.6 is 0 Å². The summed E-state index contributed by atoms with van der Waals surface area (Å²) in [4.78, 5) is 17.4. The first-order chi connectivity index (χ1) is 7.88. The van der Waals surface area contributed by atoms with Crippen LogP contribution in [0.25, 0.3) is 0 Å². The molecule has 3 rings (SSSR count). The van der Waals surface area contributed by atoms with E-state index >= 15 is 0 Å². The zero-order valence-corrected chi connectivity index (χ0v) is 9.10. The van der Waals surface area contributed by atoms with Gasteiger partial charge in [-0.1, -0.05) is 0 Å². The fraction of sp³-hybridized carbons (Fsp3) is 0.385. The largest absolute Gasteiger partial charge is 0.328 e. The number of anilines is 1. The molecular formula is C13H14N2O. The highest BCUT2D eigenvalue weighted by Gasteiger charge is 2.33. The number of aliphatic imine (C=N–C) groups is 1. The van der Waals surface area contributed by atoms with Gasteiger partial charge in [0.15, 0.2) is 0 Å². The molecule has 1 aliphatic carbocycles. The SMILES string of the molecule is O=Cc1ccc(N2CCN=C2C2CC2)cc1. The van der Waals surface area contributed by atoms with Crippen LogP contribution in [0.3, 0.4) is 0 Å². The summed E-state index contributed by atoms with van der Waals surface area (Å²) in [6.45, 7) is 1.88. The molecule has 0 saturated heterocycles. The summed E-state index contributed by atoms with van der Waals surface area (Å²) in [5.41, 5.74) is 1.89. The molecule has 1 aromatic carbocycles. The minimum Gasteiger partial charge on any atom is -0.328 e. The third-order valence-corrected chi connectivity index (χ3v) is 3.16. The maximum absolute atomic E-state index is 10.6. The molecule has 1 saturated carbocycles. The van der Waals surface area contributed by atoms with Gasteiger partial charge in [-0.25, -0.2) is 0 Å². The number of carbonyl (C=O) groups is 1. The van der Waals surface area contributed by atoms with Crippen LogP contribution in [0, 0.1) is 5.92 Å². The van der Waals surface area contributed by atoms with E-state index in [0.717, 1.165) is 30.6 Å². The third-order valence-electron chi connectivity index (χ3n) is 3.16. The molecule has 0 N–H and O–H groups in total. The van der Waals surface area contributed by atoms with E-state index in [1.54, 1.807) is 0 Å². The number of nitrogens with zero attached hydrogens (tertiary/aromatic N) is 2. The molecule has 0 bridgehead atoms. The van der Waals surface area contributed by atoms with Gasteiger partial charge in [0.2, 0.25) is 0 Å². The van der Waals surface area contributed by atoms with Crippen molar-refractivity contribution in [3.63, 3.8) is 0 Å². The number of carbonyl (C=O) groups excluding carboxylic acids is 1. The summed E-state index contributed by atoms with van der Waals surface area (Å²) in [7, 11) is 0. The monoisotopic (exact) mass is 214 g/mol. The van der Waals surface area contributed by atoms with E-state index in [4.69, 9.17) is 0 Å². The fourth-order valence-corrected chi connectivity index (χ4v) is 2.15. The predicted octanol–water partition coefficient (Wildman–Crippen LogP) is 2.13. The van der Waals surface area contributed by atoms with Crippen molar-refractivity contribution in [2.24, 2.45) is 10.9 Å². The Morgan fingerprint density at radius 2 is 2.00 bits per heavy atom. The summed E-state index contributed by atoms with van der Waals surface area (Å²) >= 11 is 0. The molecule has 0 radical (unpaired) electrons. The maximum atomic E-state index is 10.6. The second-order valence-corrected chi connectivity index (χ2v) is 4.38. The number of benzene rings is 1. The van der Waals surface area contributed by atoms with E-state index in [9.17, 15) is 4.79 Å². The van der Waals surface area contributed by atoms with E-state index in [-0.39, 0.29) is 0 Å². The number of hydrogen-bond acceptors (Lipinski definition) is 3. The van der Waals surface area contributed by atoms with Crippen molar-refractivity contribution >= 4 is 17.8 Å². The Bertz CT molecular complexity index is 432. The number of aldehydes is 1. The van der Waals surface area contributed by atoms with Crippen molar-refractivity contribution in [3.8, 4) is 0 Å². The van der Waals surface area contributed by atoms with E-state index in [2.05, 4.69) is 9.89 Å². The number of hydrogen-bond donors (Lipinski definition) is 0. The van der Waals surface area contributed by atoms with E-state index in [0.29, 0.717) is 5.92 Å². The van der Waals surface area contributed by atoms with Crippen LogP contribution in [0.15, 0.2) is 29.3 Å². The van der Waals surface area contributed by atoms with E-state index in [1.165, 1.54) is 18.7 Å². The molecule has 1 aliphatic heterocycles. The number of amidine groups is 1. The van der Waals surface area contributed by atoms with E-state index < -0.39 is 0 Å². The molecule has 3 nitrogen and oxygen atoms in total. The van der Waals surface area contributed by atoms with Crippen LogP contribution in [0.1, 0.15) is 23.2 Å². The summed E-state index contributed by atoms with van der Waals surface area (Å²) in [5.74, 6) is 1.94.